The Bertz CT molecular complexity index is 522. The molecule has 120 valence electrons. The van der Waals surface area contributed by atoms with Crippen molar-refractivity contribution in [1.82, 2.24) is 4.90 Å². The van der Waals surface area contributed by atoms with Crippen LogP contribution in [0.15, 0.2) is 24.3 Å². The summed E-state index contributed by atoms with van der Waals surface area (Å²) in [6.45, 7) is 1.63. The summed E-state index contributed by atoms with van der Waals surface area (Å²) in [5, 5.41) is 0. The van der Waals surface area contributed by atoms with Crippen LogP contribution in [-0.4, -0.2) is 29.9 Å². The number of nitrogens with two attached hydrogens (primary N) is 1. The average Bonchev–Trinajstić information content (AvgIpc) is 3.32. The van der Waals surface area contributed by atoms with E-state index in [2.05, 4.69) is 0 Å². The number of carbonyl (C=O) groups excluding carboxylic acids is 1. The van der Waals surface area contributed by atoms with Crippen LogP contribution in [0.25, 0.3) is 0 Å². The van der Waals surface area contributed by atoms with Gasteiger partial charge in [-0.25, -0.2) is 4.39 Å². The van der Waals surface area contributed by atoms with Gasteiger partial charge in [0.15, 0.2) is 0 Å². The van der Waals surface area contributed by atoms with Gasteiger partial charge >= 0.3 is 0 Å². The summed E-state index contributed by atoms with van der Waals surface area (Å²) in [6, 6.07) is 6.90. The third-order valence-corrected chi connectivity index (χ3v) is 5.02. The topological polar surface area (TPSA) is 46.3 Å². The normalized spacial score (nSPS) is 20.9. The zero-order chi connectivity index (χ0) is 15.5. The van der Waals surface area contributed by atoms with Crippen molar-refractivity contribution in [3.63, 3.8) is 0 Å². The highest BCUT2D eigenvalue weighted by Gasteiger charge is 2.31. The summed E-state index contributed by atoms with van der Waals surface area (Å²) in [6.07, 6.45) is 5.77. The van der Waals surface area contributed by atoms with Gasteiger partial charge in [0.2, 0.25) is 5.91 Å². The first-order valence-electron chi connectivity index (χ1n) is 8.39. The number of hydrogen-bond acceptors (Lipinski definition) is 2. The number of hydrogen-bond donors (Lipinski definition) is 1. The average molecular weight is 304 g/mol. The maximum absolute atomic E-state index is 13.2. The molecule has 2 aliphatic rings. The van der Waals surface area contributed by atoms with E-state index >= 15 is 0 Å². The van der Waals surface area contributed by atoms with Gasteiger partial charge in [0.25, 0.3) is 0 Å². The molecule has 0 unspecified atom stereocenters. The minimum absolute atomic E-state index is 0.0533. The van der Waals surface area contributed by atoms with E-state index in [4.69, 9.17) is 5.73 Å². The molecule has 4 heteroatoms. The van der Waals surface area contributed by atoms with E-state index in [1.165, 1.54) is 18.9 Å². The third kappa shape index (κ3) is 4.07. The Morgan fingerprint density at radius 2 is 2.00 bits per heavy atom. The summed E-state index contributed by atoms with van der Waals surface area (Å²) >= 11 is 0. The Hall–Kier alpha value is -1.42. The second-order valence-corrected chi connectivity index (χ2v) is 6.86. The Labute approximate surface area is 131 Å². The van der Waals surface area contributed by atoms with Crippen LogP contribution < -0.4 is 5.73 Å². The van der Waals surface area contributed by atoms with Crippen LogP contribution in [-0.2, 0) is 11.2 Å². The number of piperidine rings is 1. The number of likely N-dealkylation sites (tertiary alicyclic amines) is 1. The van der Waals surface area contributed by atoms with E-state index in [-0.39, 0.29) is 17.8 Å². The highest BCUT2D eigenvalue weighted by atomic mass is 19.1. The van der Waals surface area contributed by atoms with Crippen molar-refractivity contribution in [2.24, 2.45) is 17.6 Å². The van der Waals surface area contributed by atoms with Crippen molar-refractivity contribution >= 4 is 5.91 Å². The molecule has 1 aromatic carbocycles. The lowest BCUT2D eigenvalue weighted by Gasteiger charge is -2.32. The minimum atomic E-state index is -0.167. The van der Waals surface area contributed by atoms with Crippen LogP contribution in [0.3, 0.4) is 0 Å². The number of nitrogens with zero attached hydrogens (tertiary/aromatic N) is 1. The Kier molecular flexibility index (Phi) is 4.77. The fourth-order valence-corrected chi connectivity index (χ4v) is 3.41. The fraction of sp³-hybridized carbons (Fsp3) is 0.611. The van der Waals surface area contributed by atoms with Crippen molar-refractivity contribution < 1.29 is 9.18 Å². The quantitative estimate of drug-likeness (QED) is 0.909. The standard InChI is InChI=1S/C18H25FN2O/c19-16-3-1-2-14(11-16)10-13-6-8-21(9-7-13)18(22)12-17(20)15-4-5-15/h1-3,11,13,15,17H,4-10,12,20H2/t17-/m0/s1. The van der Waals surface area contributed by atoms with Crippen molar-refractivity contribution in [3.05, 3.63) is 35.6 Å². The summed E-state index contributed by atoms with van der Waals surface area (Å²) in [5.41, 5.74) is 7.10. The molecule has 1 aliphatic heterocycles. The molecular formula is C18H25FN2O. The van der Waals surface area contributed by atoms with E-state index in [1.54, 1.807) is 12.1 Å². The molecule has 0 spiro atoms. The molecule has 1 saturated heterocycles. The SMILES string of the molecule is N[C@@H](CC(=O)N1CCC(Cc2cccc(F)c2)CC1)C1CC1. The zero-order valence-electron chi connectivity index (χ0n) is 13.0. The molecule has 0 radical (unpaired) electrons. The summed E-state index contributed by atoms with van der Waals surface area (Å²) in [5.74, 6) is 1.17. The smallest absolute Gasteiger partial charge is 0.224 e. The molecule has 2 N–H and O–H groups in total. The third-order valence-electron chi connectivity index (χ3n) is 5.02. The minimum Gasteiger partial charge on any atom is -0.343 e. The largest absolute Gasteiger partial charge is 0.343 e. The Morgan fingerprint density at radius 3 is 2.64 bits per heavy atom. The molecule has 1 atom stereocenters. The number of rotatable bonds is 5. The van der Waals surface area contributed by atoms with Crippen LogP contribution in [0.2, 0.25) is 0 Å². The molecule has 0 aromatic heterocycles. The van der Waals surface area contributed by atoms with Gasteiger partial charge in [-0.05, 0) is 61.6 Å². The number of benzene rings is 1. The first-order chi connectivity index (χ1) is 10.6. The van der Waals surface area contributed by atoms with E-state index in [0.717, 1.165) is 37.9 Å². The second-order valence-electron chi connectivity index (χ2n) is 6.86. The summed E-state index contributed by atoms with van der Waals surface area (Å²) in [4.78, 5) is 14.2. The predicted molar refractivity (Wildman–Crippen MR) is 84.7 cm³/mol. The van der Waals surface area contributed by atoms with Gasteiger partial charge in [-0.1, -0.05) is 12.1 Å². The Balaban J connectivity index is 1.44. The van der Waals surface area contributed by atoms with Gasteiger partial charge in [-0.15, -0.1) is 0 Å². The maximum atomic E-state index is 13.2. The number of halogens is 1. The van der Waals surface area contributed by atoms with Crippen LogP contribution in [0.1, 0.15) is 37.7 Å². The van der Waals surface area contributed by atoms with Gasteiger partial charge in [-0.2, -0.15) is 0 Å². The van der Waals surface area contributed by atoms with Crippen LogP contribution in [0, 0.1) is 17.7 Å². The molecule has 1 amide bonds. The molecule has 1 aromatic rings. The molecule has 22 heavy (non-hydrogen) atoms. The first-order valence-corrected chi connectivity index (χ1v) is 8.39. The highest BCUT2D eigenvalue weighted by molar-refractivity contribution is 5.77. The fourth-order valence-electron chi connectivity index (χ4n) is 3.41. The monoisotopic (exact) mass is 304 g/mol. The predicted octanol–water partition coefficient (Wildman–Crippen LogP) is 2.73. The molecule has 0 bridgehead atoms. The van der Waals surface area contributed by atoms with E-state index in [0.29, 0.717) is 18.3 Å². The van der Waals surface area contributed by atoms with Gasteiger partial charge < -0.3 is 10.6 Å². The van der Waals surface area contributed by atoms with Crippen LogP contribution >= 0.6 is 0 Å². The maximum Gasteiger partial charge on any atom is 0.224 e. The lowest BCUT2D eigenvalue weighted by atomic mass is 9.90. The highest BCUT2D eigenvalue weighted by Crippen LogP contribution is 2.33. The van der Waals surface area contributed by atoms with Crippen LogP contribution in [0.4, 0.5) is 4.39 Å². The van der Waals surface area contributed by atoms with Crippen LogP contribution in [0.5, 0.6) is 0 Å². The molecule has 1 heterocycles. The van der Waals surface area contributed by atoms with Crippen molar-refractivity contribution in [3.8, 4) is 0 Å². The first kappa shape index (κ1) is 15.5. The van der Waals surface area contributed by atoms with Crippen molar-refractivity contribution in [2.45, 2.75) is 44.6 Å². The lowest BCUT2D eigenvalue weighted by Crippen LogP contribution is -2.41. The Morgan fingerprint density at radius 1 is 1.27 bits per heavy atom. The molecular weight excluding hydrogens is 279 g/mol. The van der Waals surface area contributed by atoms with Crippen molar-refractivity contribution in [1.29, 1.82) is 0 Å². The molecule has 3 rings (SSSR count). The van der Waals surface area contributed by atoms with Gasteiger partial charge in [0, 0.05) is 25.6 Å². The molecule has 2 fully saturated rings. The molecule has 1 saturated carbocycles. The lowest BCUT2D eigenvalue weighted by molar-refractivity contribution is -0.133. The van der Waals surface area contributed by atoms with Crippen molar-refractivity contribution in [2.75, 3.05) is 13.1 Å². The zero-order valence-corrected chi connectivity index (χ0v) is 13.0. The number of amides is 1. The van der Waals surface area contributed by atoms with Gasteiger partial charge in [-0.3, -0.25) is 4.79 Å². The number of carbonyl (C=O) groups is 1. The van der Waals surface area contributed by atoms with E-state index < -0.39 is 0 Å². The molecule has 1 aliphatic carbocycles. The second kappa shape index (κ2) is 6.78. The van der Waals surface area contributed by atoms with E-state index in [1.807, 2.05) is 11.0 Å². The van der Waals surface area contributed by atoms with E-state index in [9.17, 15) is 9.18 Å². The van der Waals surface area contributed by atoms with Gasteiger partial charge in [0.1, 0.15) is 5.82 Å². The molecule has 3 nitrogen and oxygen atoms in total. The summed E-state index contributed by atoms with van der Waals surface area (Å²) < 4.78 is 13.2. The summed E-state index contributed by atoms with van der Waals surface area (Å²) in [7, 11) is 0. The van der Waals surface area contributed by atoms with Gasteiger partial charge in [0.05, 0.1) is 0 Å².